The van der Waals surface area contributed by atoms with Crippen LogP contribution in [0.25, 0.3) is 0 Å². The van der Waals surface area contributed by atoms with Crippen molar-refractivity contribution in [2.24, 2.45) is 5.73 Å². The molecule has 1 rings (SSSR count). The number of halogens is 1. The van der Waals surface area contributed by atoms with Gasteiger partial charge in [0, 0.05) is 23.2 Å². The average molecular weight is 314 g/mol. The fourth-order valence-electron chi connectivity index (χ4n) is 1.66. The zero-order valence-electron chi connectivity index (χ0n) is 10.9. The predicted molar refractivity (Wildman–Crippen MR) is 78.7 cm³/mol. The van der Waals surface area contributed by atoms with Crippen LogP contribution in [0, 0.1) is 6.92 Å². The van der Waals surface area contributed by atoms with Gasteiger partial charge < -0.3 is 11.1 Å². The Morgan fingerprint density at radius 1 is 1.50 bits per heavy atom. The van der Waals surface area contributed by atoms with Gasteiger partial charge in [-0.05, 0) is 37.2 Å². The molecular weight excluding hydrogens is 294 g/mol. The van der Waals surface area contributed by atoms with Crippen molar-refractivity contribution in [2.45, 2.75) is 13.8 Å². The molecule has 0 aliphatic carbocycles. The predicted octanol–water partition coefficient (Wildman–Crippen LogP) is 1.98. The van der Waals surface area contributed by atoms with Gasteiger partial charge in [-0.15, -0.1) is 0 Å². The van der Waals surface area contributed by atoms with Crippen LogP contribution in [0.4, 0.5) is 5.69 Å². The smallest absolute Gasteiger partial charge is 0.238 e. The zero-order chi connectivity index (χ0) is 13.5. The summed E-state index contributed by atoms with van der Waals surface area (Å²) in [7, 11) is 0. The maximum Gasteiger partial charge on any atom is 0.238 e. The van der Waals surface area contributed by atoms with E-state index in [0.29, 0.717) is 13.1 Å². The second kappa shape index (κ2) is 7.51. The van der Waals surface area contributed by atoms with Crippen LogP contribution in [-0.4, -0.2) is 37.0 Å². The number of carbonyl (C=O) groups is 1. The first kappa shape index (κ1) is 15.1. The molecule has 0 atom stereocenters. The molecule has 0 radical (unpaired) electrons. The van der Waals surface area contributed by atoms with Gasteiger partial charge in [-0.25, -0.2) is 0 Å². The molecule has 0 fully saturated rings. The van der Waals surface area contributed by atoms with Gasteiger partial charge in [-0.3, -0.25) is 9.69 Å². The fourth-order valence-corrected chi connectivity index (χ4v) is 1.90. The van der Waals surface area contributed by atoms with Gasteiger partial charge in [-0.2, -0.15) is 0 Å². The number of nitrogens with two attached hydrogens (primary N) is 1. The van der Waals surface area contributed by atoms with E-state index in [-0.39, 0.29) is 5.91 Å². The molecule has 4 nitrogen and oxygen atoms in total. The molecule has 0 aliphatic heterocycles. The molecule has 1 aromatic rings. The average Bonchev–Trinajstić information content (AvgIpc) is 2.33. The Morgan fingerprint density at radius 2 is 2.22 bits per heavy atom. The van der Waals surface area contributed by atoms with Crippen LogP contribution in [0.1, 0.15) is 12.5 Å². The number of hydrogen-bond donors (Lipinski definition) is 2. The Kier molecular flexibility index (Phi) is 6.32. The molecule has 0 bridgehead atoms. The van der Waals surface area contributed by atoms with E-state index in [2.05, 4.69) is 21.2 Å². The fraction of sp³-hybridized carbons (Fsp3) is 0.462. The summed E-state index contributed by atoms with van der Waals surface area (Å²) < 4.78 is 1.04. The molecule has 1 amide bonds. The van der Waals surface area contributed by atoms with Gasteiger partial charge in [0.05, 0.1) is 6.54 Å². The summed E-state index contributed by atoms with van der Waals surface area (Å²) in [6.07, 6.45) is 0. The first-order chi connectivity index (χ1) is 8.56. The van der Waals surface area contributed by atoms with Gasteiger partial charge in [0.1, 0.15) is 0 Å². The summed E-state index contributed by atoms with van der Waals surface area (Å²) >= 11 is 3.43. The minimum atomic E-state index is -0.00739. The summed E-state index contributed by atoms with van der Waals surface area (Å²) in [5, 5.41) is 2.89. The van der Waals surface area contributed by atoms with E-state index < -0.39 is 0 Å². The van der Waals surface area contributed by atoms with Crippen molar-refractivity contribution in [3.8, 4) is 0 Å². The zero-order valence-corrected chi connectivity index (χ0v) is 12.5. The van der Waals surface area contributed by atoms with Crippen LogP contribution >= 0.6 is 15.9 Å². The van der Waals surface area contributed by atoms with Crippen molar-refractivity contribution in [1.29, 1.82) is 0 Å². The largest absolute Gasteiger partial charge is 0.329 e. The molecule has 100 valence electrons. The lowest BCUT2D eigenvalue weighted by atomic mass is 10.2. The summed E-state index contributed by atoms with van der Waals surface area (Å²) in [5.41, 5.74) is 7.41. The maximum absolute atomic E-state index is 11.8. The number of likely N-dealkylation sites (N-methyl/N-ethyl adjacent to an activating group) is 1. The van der Waals surface area contributed by atoms with Gasteiger partial charge in [-0.1, -0.05) is 22.9 Å². The van der Waals surface area contributed by atoms with Gasteiger partial charge in [0.2, 0.25) is 5.91 Å². The number of benzene rings is 1. The molecule has 5 heteroatoms. The molecule has 0 saturated heterocycles. The first-order valence-electron chi connectivity index (χ1n) is 6.05. The highest BCUT2D eigenvalue weighted by Gasteiger charge is 2.08. The number of nitrogens with one attached hydrogen (secondary N) is 1. The standard InChI is InChI=1S/C13H20BrN3O/c1-3-17(7-6-15)9-13(18)16-11-4-5-12(14)10(2)8-11/h4-5,8H,3,6-7,9,15H2,1-2H3,(H,16,18). The van der Waals surface area contributed by atoms with E-state index in [9.17, 15) is 4.79 Å². The molecule has 0 aliphatic rings. The Morgan fingerprint density at radius 3 is 2.78 bits per heavy atom. The van der Waals surface area contributed by atoms with Gasteiger partial charge in [0.25, 0.3) is 0 Å². The van der Waals surface area contributed by atoms with E-state index in [1.54, 1.807) is 0 Å². The normalized spacial score (nSPS) is 10.7. The SMILES string of the molecule is CCN(CCN)CC(=O)Nc1ccc(Br)c(C)c1. The lowest BCUT2D eigenvalue weighted by molar-refractivity contribution is -0.117. The van der Waals surface area contributed by atoms with Crippen LogP contribution < -0.4 is 11.1 Å². The first-order valence-corrected chi connectivity index (χ1v) is 6.84. The number of carbonyl (C=O) groups excluding carboxylic acids is 1. The third-order valence-corrected chi connectivity index (χ3v) is 3.59. The molecule has 0 unspecified atom stereocenters. The highest BCUT2D eigenvalue weighted by atomic mass is 79.9. The van der Waals surface area contributed by atoms with E-state index in [1.807, 2.05) is 36.9 Å². The van der Waals surface area contributed by atoms with E-state index in [0.717, 1.165) is 28.8 Å². The highest BCUT2D eigenvalue weighted by Crippen LogP contribution is 2.19. The number of rotatable bonds is 6. The van der Waals surface area contributed by atoms with Crippen LogP contribution in [0.5, 0.6) is 0 Å². The molecule has 1 aromatic carbocycles. The second-order valence-corrected chi connectivity index (χ2v) is 5.02. The van der Waals surface area contributed by atoms with Crippen molar-refractivity contribution < 1.29 is 4.79 Å². The van der Waals surface area contributed by atoms with Crippen LogP contribution in [0.3, 0.4) is 0 Å². The second-order valence-electron chi connectivity index (χ2n) is 4.17. The molecule has 0 spiro atoms. The third-order valence-electron chi connectivity index (χ3n) is 2.70. The van der Waals surface area contributed by atoms with Crippen molar-refractivity contribution in [3.63, 3.8) is 0 Å². The van der Waals surface area contributed by atoms with E-state index in [4.69, 9.17) is 5.73 Å². The third kappa shape index (κ3) is 4.76. The molecule has 0 aromatic heterocycles. The van der Waals surface area contributed by atoms with Crippen molar-refractivity contribution in [2.75, 3.05) is 31.5 Å². The summed E-state index contributed by atoms with van der Waals surface area (Å²) in [4.78, 5) is 13.9. The number of anilines is 1. The quantitative estimate of drug-likeness (QED) is 0.844. The van der Waals surface area contributed by atoms with Crippen molar-refractivity contribution in [3.05, 3.63) is 28.2 Å². The summed E-state index contributed by atoms with van der Waals surface area (Å²) in [6, 6.07) is 5.76. The number of hydrogen-bond acceptors (Lipinski definition) is 3. The highest BCUT2D eigenvalue weighted by molar-refractivity contribution is 9.10. The van der Waals surface area contributed by atoms with Gasteiger partial charge in [0.15, 0.2) is 0 Å². The van der Waals surface area contributed by atoms with Crippen LogP contribution in [-0.2, 0) is 4.79 Å². The lowest BCUT2D eigenvalue weighted by Crippen LogP contribution is -2.36. The number of nitrogens with zero attached hydrogens (tertiary/aromatic N) is 1. The minimum absolute atomic E-state index is 0.00739. The molecule has 3 N–H and O–H groups in total. The van der Waals surface area contributed by atoms with Crippen LogP contribution in [0.15, 0.2) is 22.7 Å². The summed E-state index contributed by atoms with van der Waals surface area (Å²) in [6.45, 7) is 6.52. The number of amides is 1. The molecular formula is C13H20BrN3O. The summed E-state index contributed by atoms with van der Waals surface area (Å²) in [5.74, 6) is -0.00739. The molecule has 18 heavy (non-hydrogen) atoms. The van der Waals surface area contributed by atoms with Crippen LogP contribution in [0.2, 0.25) is 0 Å². The number of aryl methyl sites for hydroxylation is 1. The minimum Gasteiger partial charge on any atom is -0.329 e. The Balaban J connectivity index is 2.55. The van der Waals surface area contributed by atoms with E-state index in [1.165, 1.54) is 0 Å². The Labute approximate surface area is 117 Å². The Hall–Kier alpha value is -0.910. The maximum atomic E-state index is 11.8. The monoisotopic (exact) mass is 313 g/mol. The van der Waals surface area contributed by atoms with Crippen molar-refractivity contribution in [1.82, 2.24) is 4.90 Å². The lowest BCUT2D eigenvalue weighted by Gasteiger charge is -2.18. The van der Waals surface area contributed by atoms with Gasteiger partial charge >= 0.3 is 0 Å². The topological polar surface area (TPSA) is 58.4 Å². The Bertz CT molecular complexity index is 409. The molecule has 0 heterocycles. The van der Waals surface area contributed by atoms with E-state index >= 15 is 0 Å². The molecule has 0 saturated carbocycles. The van der Waals surface area contributed by atoms with Crippen molar-refractivity contribution >= 4 is 27.5 Å².